The van der Waals surface area contributed by atoms with Crippen LogP contribution < -0.4 is 5.32 Å². The zero-order chi connectivity index (χ0) is 15.2. The molecule has 2 aromatic rings. The number of hydrogen-bond donors (Lipinski definition) is 2. The van der Waals surface area contributed by atoms with Crippen molar-refractivity contribution in [1.29, 1.82) is 0 Å². The molecule has 1 heterocycles. The van der Waals surface area contributed by atoms with Gasteiger partial charge in [-0.2, -0.15) is 0 Å². The summed E-state index contributed by atoms with van der Waals surface area (Å²) in [6, 6.07) is 6.02. The summed E-state index contributed by atoms with van der Waals surface area (Å²) in [6.45, 7) is 2.14. The van der Waals surface area contributed by atoms with Crippen LogP contribution in [0.15, 0.2) is 30.5 Å². The van der Waals surface area contributed by atoms with Crippen molar-refractivity contribution in [2.24, 2.45) is 0 Å². The highest BCUT2D eigenvalue weighted by Crippen LogP contribution is 2.06. The van der Waals surface area contributed by atoms with Gasteiger partial charge in [0, 0.05) is 12.6 Å². The number of nitrogens with one attached hydrogen (secondary N) is 1. The summed E-state index contributed by atoms with van der Waals surface area (Å²) in [6.07, 6.45) is 1.98. The Kier molecular flexibility index (Phi) is 4.99. The minimum absolute atomic E-state index is 0.00765. The van der Waals surface area contributed by atoms with E-state index in [1.807, 2.05) is 0 Å². The maximum Gasteiger partial charge on any atom is 0.273 e. The minimum Gasteiger partial charge on any atom is -0.396 e. The maximum absolute atomic E-state index is 13.1. The fourth-order valence-corrected chi connectivity index (χ4v) is 1.87. The van der Waals surface area contributed by atoms with E-state index >= 15 is 0 Å². The van der Waals surface area contributed by atoms with Crippen molar-refractivity contribution in [2.45, 2.75) is 25.9 Å². The van der Waals surface area contributed by atoms with Gasteiger partial charge in [-0.05, 0) is 31.0 Å². The van der Waals surface area contributed by atoms with Crippen molar-refractivity contribution in [3.05, 3.63) is 47.5 Å². The highest BCUT2D eigenvalue weighted by atomic mass is 19.1. The lowest BCUT2D eigenvalue weighted by atomic mass is 10.2. The quantitative estimate of drug-likeness (QED) is 0.831. The van der Waals surface area contributed by atoms with E-state index in [2.05, 4.69) is 15.6 Å². The lowest BCUT2D eigenvalue weighted by Gasteiger charge is -2.10. The van der Waals surface area contributed by atoms with E-state index in [4.69, 9.17) is 5.11 Å². The fourth-order valence-electron chi connectivity index (χ4n) is 1.87. The molecule has 6 nitrogen and oxygen atoms in total. The van der Waals surface area contributed by atoms with E-state index < -0.39 is 0 Å². The number of carbonyl (C=O) groups is 1. The number of rotatable bonds is 6. The molecule has 0 fully saturated rings. The topological polar surface area (TPSA) is 80.0 Å². The smallest absolute Gasteiger partial charge is 0.273 e. The second kappa shape index (κ2) is 6.94. The first-order valence-corrected chi connectivity index (χ1v) is 6.65. The molecule has 0 saturated carbocycles. The Morgan fingerprint density at radius 3 is 3.05 bits per heavy atom. The lowest BCUT2D eigenvalue weighted by Crippen LogP contribution is -2.33. The third-order valence-electron chi connectivity index (χ3n) is 2.94. The van der Waals surface area contributed by atoms with Crippen LogP contribution in [-0.2, 0) is 6.54 Å². The molecule has 0 bridgehead atoms. The Bertz CT molecular complexity index is 615. The van der Waals surface area contributed by atoms with E-state index in [0.29, 0.717) is 13.0 Å². The molecule has 1 amide bonds. The van der Waals surface area contributed by atoms with Gasteiger partial charge < -0.3 is 10.4 Å². The monoisotopic (exact) mass is 292 g/mol. The number of nitrogens with zero attached hydrogens (tertiary/aromatic N) is 3. The Balaban J connectivity index is 1.99. The molecular formula is C14H17FN4O2. The van der Waals surface area contributed by atoms with Gasteiger partial charge in [0.1, 0.15) is 5.82 Å². The molecule has 0 aliphatic rings. The van der Waals surface area contributed by atoms with Crippen LogP contribution in [0.1, 0.15) is 29.4 Å². The first kappa shape index (κ1) is 15.1. The van der Waals surface area contributed by atoms with Crippen LogP contribution in [0.4, 0.5) is 4.39 Å². The number of carbonyl (C=O) groups excluding carboxylic acids is 1. The van der Waals surface area contributed by atoms with Crippen molar-refractivity contribution in [1.82, 2.24) is 20.3 Å². The molecule has 2 N–H and O–H groups in total. The van der Waals surface area contributed by atoms with Gasteiger partial charge in [0.05, 0.1) is 12.7 Å². The molecule has 1 aromatic heterocycles. The summed E-state index contributed by atoms with van der Waals surface area (Å²) in [5, 5.41) is 19.1. The van der Waals surface area contributed by atoms with Gasteiger partial charge in [0.15, 0.2) is 5.69 Å². The van der Waals surface area contributed by atoms with Crippen molar-refractivity contribution < 1.29 is 14.3 Å². The average molecular weight is 292 g/mol. The Labute approximate surface area is 121 Å². The number of aliphatic hydroxyl groups is 1. The molecule has 0 aliphatic carbocycles. The summed E-state index contributed by atoms with van der Waals surface area (Å²) in [5.74, 6) is -0.662. The van der Waals surface area contributed by atoms with Crippen LogP contribution in [0, 0.1) is 5.82 Å². The van der Waals surface area contributed by atoms with Crippen molar-refractivity contribution in [3.8, 4) is 0 Å². The van der Waals surface area contributed by atoms with Gasteiger partial charge in [0.25, 0.3) is 5.91 Å². The van der Waals surface area contributed by atoms with E-state index in [1.165, 1.54) is 23.0 Å². The highest BCUT2D eigenvalue weighted by Gasteiger charge is 2.13. The summed E-state index contributed by atoms with van der Waals surface area (Å²) in [4.78, 5) is 11.9. The summed E-state index contributed by atoms with van der Waals surface area (Å²) in [5.41, 5.74) is 0.927. The lowest BCUT2D eigenvalue weighted by molar-refractivity contribution is 0.0929. The second-order valence-electron chi connectivity index (χ2n) is 4.82. The minimum atomic E-state index is -0.346. The zero-order valence-electron chi connectivity index (χ0n) is 11.7. The molecule has 0 radical (unpaired) electrons. The third kappa shape index (κ3) is 4.35. The predicted octanol–water partition coefficient (Wildman–Crippen LogP) is 0.966. The second-order valence-corrected chi connectivity index (χ2v) is 4.82. The zero-order valence-corrected chi connectivity index (χ0v) is 11.7. The number of aliphatic hydroxyl groups excluding tert-OH is 1. The standard InChI is InChI=1S/C14H17FN4O2/c1-10(5-6-20)16-14(21)13-9-19(18-17-13)8-11-3-2-4-12(15)7-11/h2-4,7,9-10,20H,5-6,8H2,1H3,(H,16,21). The molecule has 0 spiro atoms. The van der Waals surface area contributed by atoms with E-state index in [-0.39, 0.29) is 30.1 Å². The van der Waals surface area contributed by atoms with Crippen LogP contribution in [0.3, 0.4) is 0 Å². The Morgan fingerprint density at radius 1 is 1.52 bits per heavy atom. The maximum atomic E-state index is 13.1. The third-order valence-corrected chi connectivity index (χ3v) is 2.94. The largest absolute Gasteiger partial charge is 0.396 e. The first-order chi connectivity index (χ1) is 10.1. The molecule has 1 unspecified atom stereocenters. The van der Waals surface area contributed by atoms with Gasteiger partial charge in [-0.25, -0.2) is 9.07 Å². The molecule has 21 heavy (non-hydrogen) atoms. The number of aromatic nitrogens is 3. The van der Waals surface area contributed by atoms with Gasteiger partial charge in [0.2, 0.25) is 0 Å². The summed E-state index contributed by atoms with van der Waals surface area (Å²) < 4.78 is 14.6. The number of hydrogen-bond acceptors (Lipinski definition) is 4. The molecule has 0 aliphatic heterocycles. The Hall–Kier alpha value is -2.28. The predicted molar refractivity (Wildman–Crippen MR) is 74.2 cm³/mol. The van der Waals surface area contributed by atoms with Gasteiger partial charge in [-0.3, -0.25) is 4.79 Å². The molecule has 112 valence electrons. The molecule has 7 heteroatoms. The van der Waals surface area contributed by atoms with Crippen molar-refractivity contribution in [3.63, 3.8) is 0 Å². The molecule has 1 aromatic carbocycles. The van der Waals surface area contributed by atoms with Crippen LogP contribution in [0.25, 0.3) is 0 Å². The van der Waals surface area contributed by atoms with Gasteiger partial charge in [-0.15, -0.1) is 5.10 Å². The first-order valence-electron chi connectivity index (χ1n) is 6.65. The Morgan fingerprint density at radius 2 is 2.33 bits per heavy atom. The summed E-state index contributed by atoms with van der Waals surface area (Å²) in [7, 11) is 0. The van der Waals surface area contributed by atoms with Gasteiger partial charge >= 0.3 is 0 Å². The summed E-state index contributed by atoms with van der Waals surface area (Å²) >= 11 is 0. The average Bonchev–Trinajstić information content (AvgIpc) is 2.87. The highest BCUT2D eigenvalue weighted by molar-refractivity contribution is 5.92. The van der Waals surface area contributed by atoms with Crippen LogP contribution in [0.2, 0.25) is 0 Å². The van der Waals surface area contributed by atoms with Crippen molar-refractivity contribution in [2.75, 3.05) is 6.61 Å². The number of amides is 1. The number of halogens is 1. The van der Waals surface area contributed by atoms with Crippen LogP contribution in [-0.4, -0.2) is 38.7 Å². The van der Waals surface area contributed by atoms with Crippen LogP contribution in [0.5, 0.6) is 0 Å². The van der Waals surface area contributed by atoms with E-state index in [1.54, 1.807) is 19.1 Å². The molecule has 1 atom stereocenters. The molecule has 2 rings (SSSR count). The van der Waals surface area contributed by atoms with Gasteiger partial charge in [-0.1, -0.05) is 17.3 Å². The normalized spacial score (nSPS) is 12.1. The number of benzene rings is 1. The van der Waals surface area contributed by atoms with Crippen LogP contribution >= 0.6 is 0 Å². The van der Waals surface area contributed by atoms with Crippen molar-refractivity contribution >= 4 is 5.91 Å². The molecular weight excluding hydrogens is 275 g/mol. The fraction of sp³-hybridized carbons (Fsp3) is 0.357. The van der Waals surface area contributed by atoms with E-state index in [9.17, 15) is 9.18 Å². The SMILES string of the molecule is CC(CCO)NC(=O)c1cn(Cc2cccc(F)c2)nn1. The molecule has 0 saturated heterocycles. The van der Waals surface area contributed by atoms with E-state index in [0.717, 1.165) is 5.56 Å².